The summed E-state index contributed by atoms with van der Waals surface area (Å²) in [5, 5.41) is 3.17. The van der Waals surface area contributed by atoms with E-state index in [4.69, 9.17) is 0 Å². The summed E-state index contributed by atoms with van der Waals surface area (Å²) in [6.07, 6.45) is 11.7. The van der Waals surface area contributed by atoms with Crippen molar-refractivity contribution in [2.45, 2.75) is 76.3 Å². The molecular weight excluding hydrogens is 374 g/mol. The summed E-state index contributed by atoms with van der Waals surface area (Å²) in [6, 6.07) is 9.38. The molecule has 30 heavy (non-hydrogen) atoms. The van der Waals surface area contributed by atoms with Gasteiger partial charge in [0.15, 0.2) is 0 Å². The number of hydrogen-bond acceptors (Lipinski definition) is 3. The van der Waals surface area contributed by atoms with Crippen molar-refractivity contribution in [3.8, 4) is 0 Å². The summed E-state index contributed by atoms with van der Waals surface area (Å²) in [6.45, 7) is 4.15. The zero-order valence-electron chi connectivity index (χ0n) is 18.2. The molecule has 3 aliphatic rings. The first kappa shape index (κ1) is 21.4. The van der Waals surface area contributed by atoms with Crippen LogP contribution in [0, 0.1) is 5.92 Å². The number of carbonyl (C=O) groups is 2. The topological polar surface area (TPSA) is 52.7 Å². The molecule has 1 N–H and O–H groups in total. The molecule has 2 heterocycles. The predicted octanol–water partition coefficient (Wildman–Crippen LogP) is 3.84. The number of carbonyl (C=O) groups excluding carboxylic acids is 2. The molecule has 5 nitrogen and oxygen atoms in total. The maximum absolute atomic E-state index is 13.3. The van der Waals surface area contributed by atoms with Gasteiger partial charge in [0.1, 0.15) is 6.04 Å². The van der Waals surface area contributed by atoms with E-state index in [9.17, 15) is 9.59 Å². The Bertz CT molecular complexity index is 700. The summed E-state index contributed by atoms with van der Waals surface area (Å²) in [5.74, 6) is 0.540. The van der Waals surface area contributed by atoms with E-state index in [2.05, 4.69) is 10.2 Å². The number of amides is 2. The second kappa shape index (κ2) is 10.4. The number of nitrogens with zero attached hydrogens (tertiary/aromatic N) is 2. The molecule has 4 rings (SSSR count). The van der Waals surface area contributed by atoms with Gasteiger partial charge in [-0.2, -0.15) is 0 Å². The molecule has 0 bridgehead atoms. The van der Waals surface area contributed by atoms with Gasteiger partial charge in [-0.3, -0.25) is 9.59 Å². The zero-order chi connectivity index (χ0) is 20.8. The molecule has 2 saturated heterocycles. The van der Waals surface area contributed by atoms with Gasteiger partial charge >= 0.3 is 0 Å². The third kappa shape index (κ3) is 5.05. The first-order valence-electron chi connectivity index (χ1n) is 12.1. The van der Waals surface area contributed by atoms with Crippen LogP contribution in [-0.2, 0) is 4.79 Å². The fourth-order valence-corrected chi connectivity index (χ4v) is 5.71. The molecule has 2 amide bonds. The molecule has 0 aromatic heterocycles. The third-order valence-corrected chi connectivity index (χ3v) is 7.29. The Labute approximate surface area is 181 Å². The maximum atomic E-state index is 13.3. The van der Waals surface area contributed by atoms with Gasteiger partial charge in [-0.15, -0.1) is 0 Å². The smallest absolute Gasteiger partial charge is 0.254 e. The van der Waals surface area contributed by atoms with Crippen LogP contribution in [-0.4, -0.2) is 59.9 Å². The molecule has 1 saturated carbocycles. The van der Waals surface area contributed by atoms with E-state index in [1.54, 1.807) is 0 Å². The fraction of sp³-hybridized carbons (Fsp3) is 0.680. The Balaban J connectivity index is 1.35. The lowest BCUT2D eigenvalue weighted by atomic mass is 9.84. The van der Waals surface area contributed by atoms with Gasteiger partial charge < -0.3 is 15.1 Å². The van der Waals surface area contributed by atoms with Crippen molar-refractivity contribution in [2.75, 3.05) is 26.2 Å². The second-order valence-corrected chi connectivity index (χ2v) is 9.34. The monoisotopic (exact) mass is 411 g/mol. The van der Waals surface area contributed by atoms with Crippen LogP contribution in [0.2, 0.25) is 0 Å². The van der Waals surface area contributed by atoms with Gasteiger partial charge in [0.25, 0.3) is 5.91 Å². The van der Waals surface area contributed by atoms with Crippen LogP contribution in [0.15, 0.2) is 30.3 Å². The molecule has 2 aliphatic heterocycles. The molecule has 0 spiro atoms. The molecule has 3 fully saturated rings. The Morgan fingerprint density at radius 3 is 2.43 bits per heavy atom. The third-order valence-electron chi connectivity index (χ3n) is 7.29. The summed E-state index contributed by atoms with van der Waals surface area (Å²) in [7, 11) is 0. The Kier molecular flexibility index (Phi) is 7.42. The zero-order valence-corrected chi connectivity index (χ0v) is 18.2. The SMILES string of the molecule is O=C(NCCCN1CCCCCC1)C1CC2CCCCC2N1C(=O)c1ccccc1. The van der Waals surface area contributed by atoms with Gasteiger partial charge in [0.2, 0.25) is 5.91 Å². The number of benzene rings is 1. The Hall–Kier alpha value is -1.88. The number of rotatable bonds is 6. The van der Waals surface area contributed by atoms with Crippen LogP contribution < -0.4 is 5.32 Å². The van der Waals surface area contributed by atoms with E-state index in [-0.39, 0.29) is 23.9 Å². The van der Waals surface area contributed by atoms with Crippen molar-refractivity contribution >= 4 is 11.8 Å². The van der Waals surface area contributed by atoms with E-state index < -0.39 is 0 Å². The minimum atomic E-state index is -0.316. The van der Waals surface area contributed by atoms with Gasteiger partial charge in [-0.1, -0.05) is 43.9 Å². The van der Waals surface area contributed by atoms with Crippen LogP contribution in [0.25, 0.3) is 0 Å². The molecule has 1 aliphatic carbocycles. The molecule has 5 heteroatoms. The lowest BCUT2D eigenvalue weighted by molar-refractivity contribution is -0.125. The minimum Gasteiger partial charge on any atom is -0.354 e. The summed E-state index contributed by atoms with van der Waals surface area (Å²) in [4.78, 5) is 30.9. The number of likely N-dealkylation sites (tertiary alicyclic amines) is 2. The van der Waals surface area contributed by atoms with Crippen LogP contribution in [0.5, 0.6) is 0 Å². The Morgan fingerprint density at radius 1 is 0.933 bits per heavy atom. The average molecular weight is 412 g/mol. The van der Waals surface area contributed by atoms with Gasteiger partial charge in [-0.25, -0.2) is 0 Å². The lowest BCUT2D eigenvalue weighted by Gasteiger charge is -2.33. The molecule has 0 radical (unpaired) electrons. The van der Waals surface area contributed by atoms with Crippen molar-refractivity contribution in [1.82, 2.24) is 15.1 Å². The quantitative estimate of drug-likeness (QED) is 0.724. The highest BCUT2D eigenvalue weighted by molar-refractivity contribution is 5.98. The van der Waals surface area contributed by atoms with Crippen molar-refractivity contribution < 1.29 is 9.59 Å². The van der Waals surface area contributed by atoms with Crippen molar-refractivity contribution in [3.05, 3.63) is 35.9 Å². The molecular formula is C25H37N3O2. The van der Waals surface area contributed by atoms with Crippen molar-refractivity contribution in [1.29, 1.82) is 0 Å². The Morgan fingerprint density at radius 2 is 1.67 bits per heavy atom. The fourth-order valence-electron chi connectivity index (χ4n) is 5.71. The van der Waals surface area contributed by atoms with E-state index in [0.717, 1.165) is 38.6 Å². The van der Waals surface area contributed by atoms with Gasteiger partial charge in [0.05, 0.1) is 0 Å². The van der Waals surface area contributed by atoms with Crippen LogP contribution in [0.1, 0.15) is 74.6 Å². The minimum absolute atomic E-state index is 0.0229. The molecule has 1 aromatic rings. The highest BCUT2D eigenvalue weighted by Gasteiger charge is 2.47. The number of nitrogens with one attached hydrogen (secondary N) is 1. The van der Waals surface area contributed by atoms with Crippen molar-refractivity contribution in [2.24, 2.45) is 5.92 Å². The highest BCUT2D eigenvalue weighted by atomic mass is 16.2. The van der Waals surface area contributed by atoms with E-state index in [1.807, 2.05) is 35.2 Å². The largest absolute Gasteiger partial charge is 0.354 e. The normalized spacial score (nSPS) is 27.3. The molecule has 164 valence electrons. The maximum Gasteiger partial charge on any atom is 0.254 e. The summed E-state index contributed by atoms with van der Waals surface area (Å²) >= 11 is 0. The first-order valence-corrected chi connectivity index (χ1v) is 12.1. The van der Waals surface area contributed by atoms with Crippen LogP contribution in [0.4, 0.5) is 0 Å². The van der Waals surface area contributed by atoms with E-state index in [1.165, 1.54) is 45.2 Å². The summed E-state index contributed by atoms with van der Waals surface area (Å²) < 4.78 is 0. The highest BCUT2D eigenvalue weighted by Crippen LogP contribution is 2.40. The molecule has 1 aromatic carbocycles. The lowest BCUT2D eigenvalue weighted by Crippen LogP contribution is -2.49. The predicted molar refractivity (Wildman–Crippen MR) is 119 cm³/mol. The van der Waals surface area contributed by atoms with Crippen molar-refractivity contribution in [3.63, 3.8) is 0 Å². The van der Waals surface area contributed by atoms with Crippen LogP contribution in [0.3, 0.4) is 0 Å². The van der Waals surface area contributed by atoms with E-state index in [0.29, 0.717) is 18.0 Å². The molecule has 3 unspecified atom stereocenters. The van der Waals surface area contributed by atoms with Crippen LogP contribution >= 0.6 is 0 Å². The standard InChI is InChI=1S/C25H37N3O2/c29-24(26-15-10-18-27-16-8-1-2-9-17-27)23-19-21-13-6-7-14-22(21)28(23)25(30)20-11-4-3-5-12-20/h3-5,11-12,21-23H,1-2,6-10,13-19H2,(H,26,29). The number of hydrogen-bond donors (Lipinski definition) is 1. The second-order valence-electron chi connectivity index (χ2n) is 9.34. The molecule has 3 atom stereocenters. The average Bonchev–Trinajstić information content (AvgIpc) is 2.98. The summed E-state index contributed by atoms with van der Waals surface area (Å²) in [5.41, 5.74) is 0.697. The first-order chi connectivity index (χ1) is 14.7. The van der Waals surface area contributed by atoms with Gasteiger partial charge in [-0.05, 0) is 76.2 Å². The van der Waals surface area contributed by atoms with E-state index >= 15 is 0 Å². The van der Waals surface area contributed by atoms with Gasteiger partial charge in [0, 0.05) is 18.2 Å². The number of fused-ring (bicyclic) bond motifs is 1.